The summed E-state index contributed by atoms with van der Waals surface area (Å²) in [6.07, 6.45) is 2.63. The first kappa shape index (κ1) is 14.3. The van der Waals surface area contributed by atoms with Crippen LogP contribution in [0, 0.1) is 11.8 Å². The highest BCUT2D eigenvalue weighted by Crippen LogP contribution is 2.43. The molecule has 2 aliphatic rings. The van der Waals surface area contributed by atoms with Crippen molar-refractivity contribution in [1.82, 2.24) is 10.2 Å². The number of aliphatic carboxylic acids is 1. The van der Waals surface area contributed by atoms with Crippen LogP contribution in [0.5, 0.6) is 0 Å². The van der Waals surface area contributed by atoms with Gasteiger partial charge in [0.05, 0.1) is 12.0 Å². The smallest absolute Gasteiger partial charge is 0.308 e. The average molecular weight is 268 g/mol. The second-order valence-corrected chi connectivity index (χ2v) is 6.24. The third-order valence-electron chi connectivity index (χ3n) is 4.42. The van der Waals surface area contributed by atoms with Crippen molar-refractivity contribution in [2.75, 3.05) is 6.54 Å². The predicted molar refractivity (Wildman–Crippen MR) is 71.7 cm³/mol. The number of carbonyl (C=O) groups excluding carboxylic acids is 1. The zero-order valence-corrected chi connectivity index (χ0v) is 11.9. The van der Waals surface area contributed by atoms with Crippen molar-refractivity contribution in [1.29, 1.82) is 0 Å². The van der Waals surface area contributed by atoms with Crippen LogP contribution in [0.15, 0.2) is 0 Å². The van der Waals surface area contributed by atoms with E-state index in [0.29, 0.717) is 18.9 Å². The highest BCUT2D eigenvalue weighted by Gasteiger charge is 2.51. The Labute approximate surface area is 114 Å². The van der Waals surface area contributed by atoms with E-state index in [9.17, 15) is 14.7 Å². The maximum atomic E-state index is 12.1. The number of hydrogen-bond acceptors (Lipinski definition) is 3. The number of nitrogens with one attached hydrogen (secondary N) is 1. The van der Waals surface area contributed by atoms with E-state index in [1.165, 1.54) is 0 Å². The van der Waals surface area contributed by atoms with E-state index in [2.05, 4.69) is 24.1 Å². The Morgan fingerprint density at radius 3 is 2.53 bits per heavy atom. The van der Waals surface area contributed by atoms with Gasteiger partial charge in [-0.25, -0.2) is 0 Å². The van der Waals surface area contributed by atoms with Crippen molar-refractivity contribution in [2.45, 2.75) is 58.2 Å². The summed E-state index contributed by atoms with van der Waals surface area (Å²) in [5.74, 6) is -0.555. The van der Waals surface area contributed by atoms with E-state index < -0.39 is 5.97 Å². The van der Waals surface area contributed by atoms with E-state index in [1.807, 2.05) is 6.92 Å². The van der Waals surface area contributed by atoms with Gasteiger partial charge in [0.25, 0.3) is 0 Å². The van der Waals surface area contributed by atoms with Gasteiger partial charge in [-0.15, -0.1) is 0 Å². The quantitative estimate of drug-likeness (QED) is 0.783. The SMILES string of the molecule is CC(C)CNC(=O)C(C)N1C2CCC1C(C(=O)O)C2. The third kappa shape index (κ3) is 2.76. The molecule has 5 heteroatoms. The summed E-state index contributed by atoms with van der Waals surface area (Å²) in [6, 6.07) is 0.0915. The Morgan fingerprint density at radius 2 is 2.00 bits per heavy atom. The number of carbonyl (C=O) groups is 2. The summed E-state index contributed by atoms with van der Waals surface area (Å²) in [5, 5.41) is 12.2. The van der Waals surface area contributed by atoms with E-state index in [0.717, 1.165) is 12.8 Å². The molecule has 0 aromatic rings. The molecule has 2 heterocycles. The third-order valence-corrected chi connectivity index (χ3v) is 4.42. The lowest BCUT2D eigenvalue weighted by Gasteiger charge is -2.29. The van der Waals surface area contributed by atoms with Crippen molar-refractivity contribution in [2.24, 2.45) is 11.8 Å². The standard InChI is InChI=1S/C14H24N2O3/c1-8(2)7-15-13(17)9(3)16-10-4-5-12(16)11(6-10)14(18)19/h8-12H,4-7H2,1-3H3,(H,15,17)(H,18,19). The maximum absolute atomic E-state index is 12.1. The summed E-state index contributed by atoms with van der Waals surface area (Å²) in [4.78, 5) is 25.5. The van der Waals surface area contributed by atoms with Crippen molar-refractivity contribution >= 4 is 11.9 Å². The van der Waals surface area contributed by atoms with E-state index in [4.69, 9.17) is 0 Å². The molecule has 0 spiro atoms. The molecule has 0 aromatic carbocycles. The van der Waals surface area contributed by atoms with Crippen LogP contribution in [0.25, 0.3) is 0 Å². The molecule has 2 bridgehead atoms. The van der Waals surface area contributed by atoms with Gasteiger partial charge in [-0.05, 0) is 32.1 Å². The monoisotopic (exact) mass is 268 g/mol. The Balaban J connectivity index is 1.98. The molecule has 0 aliphatic carbocycles. The van der Waals surface area contributed by atoms with E-state index in [-0.39, 0.29) is 30.0 Å². The molecule has 2 fully saturated rings. The number of hydrogen-bond donors (Lipinski definition) is 2. The number of carboxylic acid groups (broad SMARTS) is 1. The van der Waals surface area contributed by atoms with Gasteiger partial charge < -0.3 is 10.4 Å². The molecule has 0 radical (unpaired) electrons. The second-order valence-electron chi connectivity index (χ2n) is 6.24. The Morgan fingerprint density at radius 1 is 1.32 bits per heavy atom. The first-order valence-electron chi connectivity index (χ1n) is 7.19. The molecule has 4 unspecified atom stereocenters. The van der Waals surface area contributed by atoms with E-state index in [1.54, 1.807) is 0 Å². The van der Waals surface area contributed by atoms with Crippen molar-refractivity contribution in [3.63, 3.8) is 0 Å². The summed E-state index contributed by atoms with van der Waals surface area (Å²) >= 11 is 0. The molecule has 2 saturated heterocycles. The van der Waals surface area contributed by atoms with Crippen LogP contribution in [0.1, 0.15) is 40.0 Å². The fraction of sp³-hybridized carbons (Fsp3) is 0.857. The molecule has 2 rings (SSSR count). The van der Waals surface area contributed by atoms with E-state index >= 15 is 0 Å². The van der Waals surface area contributed by atoms with Gasteiger partial charge in [0.2, 0.25) is 5.91 Å². The predicted octanol–water partition coefficient (Wildman–Crippen LogP) is 1.08. The van der Waals surface area contributed by atoms with Crippen LogP contribution in [0.4, 0.5) is 0 Å². The van der Waals surface area contributed by atoms with Crippen LogP contribution in [0.2, 0.25) is 0 Å². The molecule has 1 amide bonds. The summed E-state index contributed by atoms with van der Waals surface area (Å²) in [7, 11) is 0. The molecule has 108 valence electrons. The van der Waals surface area contributed by atoms with Crippen molar-refractivity contribution in [3.8, 4) is 0 Å². The van der Waals surface area contributed by atoms with Gasteiger partial charge in [0.15, 0.2) is 0 Å². The van der Waals surface area contributed by atoms with Crippen molar-refractivity contribution in [3.05, 3.63) is 0 Å². The largest absolute Gasteiger partial charge is 0.481 e. The highest BCUT2D eigenvalue weighted by molar-refractivity contribution is 5.82. The lowest BCUT2D eigenvalue weighted by molar-refractivity contribution is -0.143. The Hall–Kier alpha value is -1.10. The van der Waals surface area contributed by atoms with Crippen LogP contribution < -0.4 is 5.32 Å². The average Bonchev–Trinajstić information content (AvgIpc) is 2.92. The molecule has 4 atom stereocenters. The minimum atomic E-state index is -0.716. The highest BCUT2D eigenvalue weighted by atomic mass is 16.4. The summed E-state index contributed by atoms with van der Waals surface area (Å²) < 4.78 is 0. The van der Waals surface area contributed by atoms with Gasteiger partial charge in [-0.3, -0.25) is 14.5 Å². The molecule has 2 aliphatic heterocycles. The minimum absolute atomic E-state index is 0.0247. The number of carboxylic acids is 1. The van der Waals surface area contributed by atoms with Crippen LogP contribution in [0.3, 0.4) is 0 Å². The fourth-order valence-corrected chi connectivity index (χ4v) is 3.49. The van der Waals surface area contributed by atoms with Crippen LogP contribution in [-0.4, -0.2) is 46.6 Å². The number of amides is 1. The van der Waals surface area contributed by atoms with Crippen LogP contribution in [-0.2, 0) is 9.59 Å². The number of nitrogens with zero attached hydrogens (tertiary/aromatic N) is 1. The minimum Gasteiger partial charge on any atom is -0.481 e. The van der Waals surface area contributed by atoms with Crippen molar-refractivity contribution < 1.29 is 14.7 Å². The first-order chi connectivity index (χ1) is 8.91. The topological polar surface area (TPSA) is 69.6 Å². The molecule has 19 heavy (non-hydrogen) atoms. The molecule has 2 N–H and O–H groups in total. The Bertz CT molecular complexity index is 370. The molecule has 0 saturated carbocycles. The van der Waals surface area contributed by atoms with Gasteiger partial charge in [-0.1, -0.05) is 13.8 Å². The van der Waals surface area contributed by atoms with Gasteiger partial charge in [-0.2, -0.15) is 0 Å². The zero-order chi connectivity index (χ0) is 14.2. The Kier molecular flexibility index (Phi) is 4.13. The lowest BCUT2D eigenvalue weighted by Crippen LogP contribution is -2.48. The van der Waals surface area contributed by atoms with Gasteiger partial charge in [0.1, 0.15) is 0 Å². The second kappa shape index (κ2) is 5.49. The number of rotatable bonds is 5. The normalized spacial score (nSPS) is 31.7. The number of fused-ring (bicyclic) bond motifs is 2. The summed E-state index contributed by atoms with van der Waals surface area (Å²) in [6.45, 7) is 6.69. The molecule has 0 aromatic heterocycles. The lowest BCUT2D eigenvalue weighted by atomic mass is 9.89. The molecular formula is C14H24N2O3. The zero-order valence-electron chi connectivity index (χ0n) is 11.9. The fourth-order valence-electron chi connectivity index (χ4n) is 3.49. The van der Waals surface area contributed by atoms with Gasteiger partial charge >= 0.3 is 5.97 Å². The molecule has 5 nitrogen and oxygen atoms in total. The first-order valence-corrected chi connectivity index (χ1v) is 7.19. The molecular weight excluding hydrogens is 244 g/mol. The van der Waals surface area contributed by atoms with Crippen LogP contribution >= 0.6 is 0 Å². The van der Waals surface area contributed by atoms with Gasteiger partial charge in [0, 0.05) is 18.6 Å². The summed E-state index contributed by atoms with van der Waals surface area (Å²) in [5.41, 5.74) is 0. The maximum Gasteiger partial charge on any atom is 0.308 e.